The van der Waals surface area contributed by atoms with Gasteiger partial charge in [-0.25, -0.2) is 0 Å². The maximum Gasteiger partial charge on any atom is 0.308 e. The van der Waals surface area contributed by atoms with Crippen LogP contribution in [-0.4, -0.2) is 34.4 Å². The van der Waals surface area contributed by atoms with Crippen LogP contribution in [0.5, 0.6) is 0 Å². The van der Waals surface area contributed by atoms with Crippen LogP contribution in [0.3, 0.4) is 0 Å². The first kappa shape index (κ1) is 15.2. The molecule has 0 radical (unpaired) electrons. The number of ketones is 1. The Morgan fingerprint density at radius 3 is 2.32 bits per heavy atom. The maximum atomic E-state index is 12.9. The number of carbonyl (C=O) groups is 2. The third kappa shape index (κ3) is 3.69. The summed E-state index contributed by atoms with van der Waals surface area (Å²) in [7, 11) is 1.40. The van der Waals surface area contributed by atoms with Crippen LogP contribution < -0.4 is 0 Å². The molecule has 1 aliphatic heterocycles. The predicted molar refractivity (Wildman–Crippen MR) is 80.5 cm³/mol. The fourth-order valence-corrected chi connectivity index (χ4v) is 6.15. The van der Waals surface area contributed by atoms with Crippen molar-refractivity contribution in [2.75, 3.05) is 18.6 Å². The third-order valence-electron chi connectivity index (χ3n) is 3.92. The van der Waals surface area contributed by atoms with E-state index in [1.54, 1.807) is 23.5 Å². The molecule has 1 heterocycles. The first-order chi connectivity index (χ1) is 9.18. The van der Waals surface area contributed by atoms with Crippen molar-refractivity contribution < 1.29 is 14.3 Å². The molecular formula is C14H22O3S2. The number of rotatable bonds is 4. The summed E-state index contributed by atoms with van der Waals surface area (Å²) in [4.78, 5) is 24.5. The molecule has 3 nitrogen and oxygen atoms in total. The molecule has 0 aromatic rings. The third-order valence-corrected chi connectivity index (χ3v) is 7.23. The largest absolute Gasteiger partial charge is 0.469 e. The van der Waals surface area contributed by atoms with E-state index < -0.39 is 4.08 Å². The summed E-state index contributed by atoms with van der Waals surface area (Å²) in [5.41, 5.74) is 0. The lowest BCUT2D eigenvalue weighted by Crippen LogP contribution is -2.42. The molecule has 0 amide bonds. The number of esters is 1. The fraction of sp³-hybridized carbons (Fsp3) is 0.857. The van der Waals surface area contributed by atoms with Crippen molar-refractivity contribution in [1.29, 1.82) is 0 Å². The van der Waals surface area contributed by atoms with Gasteiger partial charge in [0.2, 0.25) is 0 Å². The van der Waals surface area contributed by atoms with Crippen molar-refractivity contribution in [3.63, 3.8) is 0 Å². The number of thioether (sulfide) groups is 2. The molecule has 0 unspecified atom stereocenters. The quantitative estimate of drug-likeness (QED) is 0.746. The summed E-state index contributed by atoms with van der Waals surface area (Å²) in [6, 6.07) is 0. The first-order valence-electron chi connectivity index (χ1n) is 7.07. The summed E-state index contributed by atoms with van der Waals surface area (Å²) in [5, 5.41) is 0. The van der Waals surface area contributed by atoms with Crippen LogP contribution in [0.1, 0.15) is 44.9 Å². The highest BCUT2D eigenvalue weighted by Gasteiger charge is 2.46. The van der Waals surface area contributed by atoms with Gasteiger partial charge >= 0.3 is 5.97 Å². The van der Waals surface area contributed by atoms with Gasteiger partial charge in [-0.2, -0.15) is 0 Å². The average molecular weight is 302 g/mol. The van der Waals surface area contributed by atoms with Crippen LogP contribution in [0, 0.1) is 5.92 Å². The van der Waals surface area contributed by atoms with E-state index in [1.807, 2.05) is 0 Å². The Bertz CT molecular complexity index is 332. The summed E-state index contributed by atoms with van der Waals surface area (Å²) >= 11 is 3.34. The van der Waals surface area contributed by atoms with Gasteiger partial charge in [-0.05, 0) is 30.8 Å². The molecule has 2 fully saturated rings. The molecule has 1 saturated heterocycles. The normalized spacial score (nSPS) is 23.8. The monoisotopic (exact) mass is 302 g/mol. The van der Waals surface area contributed by atoms with Gasteiger partial charge in [0.1, 0.15) is 4.08 Å². The molecule has 5 heteroatoms. The number of ether oxygens (including phenoxy) is 1. The highest BCUT2D eigenvalue weighted by atomic mass is 32.2. The molecule has 2 rings (SSSR count). The first-order valence-corrected chi connectivity index (χ1v) is 9.04. The highest BCUT2D eigenvalue weighted by Crippen LogP contribution is 2.48. The fourth-order valence-electron chi connectivity index (χ4n) is 2.84. The second-order valence-corrected chi connectivity index (χ2v) is 8.30. The minimum Gasteiger partial charge on any atom is -0.469 e. The van der Waals surface area contributed by atoms with Crippen LogP contribution in [-0.2, 0) is 14.3 Å². The van der Waals surface area contributed by atoms with E-state index in [0.717, 1.165) is 43.6 Å². The average Bonchev–Trinajstić information content (AvgIpc) is 2.48. The van der Waals surface area contributed by atoms with E-state index in [1.165, 1.54) is 13.5 Å². The summed E-state index contributed by atoms with van der Waals surface area (Å²) < 4.78 is 4.24. The molecule has 0 aromatic carbocycles. The van der Waals surface area contributed by atoms with Crippen molar-refractivity contribution >= 4 is 35.3 Å². The van der Waals surface area contributed by atoms with Crippen molar-refractivity contribution in [3.05, 3.63) is 0 Å². The minimum atomic E-state index is -0.562. The number of hydrogen-bond donors (Lipinski definition) is 0. The van der Waals surface area contributed by atoms with Gasteiger partial charge < -0.3 is 4.74 Å². The van der Waals surface area contributed by atoms with E-state index in [0.29, 0.717) is 5.78 Å². The number of methoxy groups -OCH3 is 1. The molecule has 1 saturated carbocycles. The summed E-state index contributed by atoms with van der Waals surface area (Å²) in [6.07, 6.45) is 6.91. The molecule has 0 spiro atoms. The Balaban J connectivity index is 2.11. The van der Waals surface area contributed by atoms with Crippen molar-refractivity contribution in [3.8, 4) is 0 Å². The lowest BCUT2D eigenvalue weighted by molar-refractivity contribution is -0.142. The van der Waals surface area contributed by atoms with Gasteiger partial charge in [0.05, 0.1) is 13.5 Å². The van der Waals surface area contributed by atoms with Crippen molar-refractivity contribution in [2.45, 2.75) is 49.0 Å². The van der Waals surface area contributed by atoms with Gasteiger partial charge in [-0.15, -0.1) is 23.5 Å². The molecule has 19 heavy (non-hydrogen) atoms. The Morgan fingerprint density at radius 1 is 1.11 bits per heavy atom. The zero-order valence-corrected chi connectivity index (χ0v) is 13.1. The lowest BCUT2D eigenvalue weighted by atomic mass is 9.84. The second kappa shape index (κ2) is 7.02. The van der Waals surface area contributed by atoms with Gasteiger partial charge in [0, 0.05) is 5.92 Å². The molecule has 0 aromatic heterocycles. The number of hydrogen-bond acceptors (Lipinski definition) is 5. The summed E-state index contributed by atoms with van der Waals surface area (Å²) in [5.74, 6) is 2.15. The predicted octanol–water partition coefficient (Wildman–Crippen LogP) is 3.27. The van der Waals surface area contributed by atoms with Crippen LogP contribution in [0.4, 0.5) is 0 Å². The van der Waals surface area contributed by atoms with E-state index in [4.69, 9.17) is 4.74 Å². The molecule has 108 valence electrons. The Labute approximate surface area is 123 Å². The van der Waals surface area contributed by atoms with E-state index in [2.05, 4.69) is 0 Å². The number of Topliss-reactive ketones (excluding diaryl/α,β-unsaturated/α-hetero) is 1. The van der Waals surface area contributed by atoms with Gasteiger partial charge in [-0.1, -0.05) is 19.3 Å². The maximum absolute atomic E-state index is 12.9. The minimum absolute atomic E-state index is 0.163. The summed E-state index contributed by atoms with van der Waals surface area (Å²) in [6.45, 7) is 0. The van der Waals surface area contributed by atoms with Gasteiger partial charge in [-0.3, -0.25) is 9.59 Å². The van der Waals surface area contributed by atoms with E-state index in [9.17, 15) is 9.59 Å². The van der Waals surface area contributed by atoms with E-state index in [-0.39, 0.29) is 18.3 Å². The van der Waals surface area contributed by atoms with Crippen LogP contribution >= 0.6 is 23.5 Å². The van der Waals surface area contributed by atoms with Crippen LogP contribution in [0.15, 0.2) is 0 Å². The zero-order valence-electron chi connectivity index (χ0n) is 11.5. The molecule has 0 atom stereocenters. The van der Waals surface area contributed by atoms with Gasteiger partial charge in [0.15, 0.2) is 5.78 Å². The molecule has 1 aliphatic carbocycles. The standard InChI is InChI=1S/C14H22O3S2/c1-17-12(15)10-14(18-8-5-9-19-14)13(16)11-6-3-2-4-7-11/h11H,2-10H2,1H3. The number of carbonyl (C=O) groups excluding carboxylic acids is 2. The molecular weight excluding hydrogens is 280 g/mol. The zero-order chi connectivity index (χ0) is 13.7. The second-order valence-electron chi connectivity index (χ2n) is 5.26. The topological polar surface area (TPSA) is 43.4 Å². The van der Waals surface area contributed by atoms with Crippen LogP contribution in [0.25, 0.3) is 0 Å². The highest BCUT2D eigenvalue weighted by molar-refractivity contribution is 8.20. The van der Waals surface area contributed by atoms with Crippen molar-refractivity contribution in [1.82, 2.24) is 0 Å². The Hall–Kier alpha value is -0.160. The molecule has 0 bridgehead atoms. The van der Waals surface area contributed by atoms with Gasteiger partial charge in [0.25, 0.3) is 0 Å². The SMILES string of the molecule is COC(=O)CC1(C(=O)C2CCCCC2)SCCCS1. The lowest BCUT2D eigenvalue weighted by Gasteiger charge is -2.37. The molecule has 2 aliphatic rings. The molecule has 0 N–H and O–H groups in total. The van der Waals surface area contributed by atoms with Crippen molar-refractivity contribution in [2.24, 2.45) is 5.92 Å². The van der Waals surface area contributed by atoms with E-state index >= 15 is 0 Å². The smallest absolute Gasteiger partial charge is 0.308 e. The van der Waals surface area contributed by atoms with Crippen LogP contribution in [0.2, 0.25) is 0 Å². The Kier molecular flexibility index (Phi) is 5.63. The Morgan fingerprint density at radius 2 is 1.74 bits per heavy atom.